The van der Waals surface area contributed by atoms with E-state index in [0.29, 0.717) is 5.92 Å². The van der Waals surface area contributed by atoms with Crippen LogP contribution in [-0.2, 0) is 0 Å². The summed E-state index contributed by atoms with van der Waals surface area (Å²) in [5, 5.41) is 13.1. The minimum Gasteiger partial charge on any atom is -0.367 e. The molecule has 2 saturated heterocycles. The fourth-order valence-corrected chi connectivity index (χ4v) is 3.10. The summed E-state index contributed by atoms with van der Waals surface area (Å²) in [5.74, 6) is 0.474. The van der Waals surface area contributed by atoms with Crippen LogP contribution >= 0.6 is 0 Å². The molecule has 2 aliphatic heterocycles. The highest BCUT2D eigenvalue weighted by Gasteiger charge is 2.46. The van der Waals surface area contributed by atoms with E-state index in [9.17, 15) is 5.26 Å². The first-order valence-electron chi connectivity index (χ1n) is 6.29. The number of nitriles is 1. The third kappa shape index (κ3) is 1.79. The number of para-hydroxylation sites is 1. The van der Waals surface area contributed by atoms with Crippen molar-refractivity contribution >= 4 is 5.69 Å². The summed E-state index contributed by atoms with van der Waals surface area (Å²) < 4.78 is 0. The number of hydrogen-bond donors (Lipinski definition) is 1. The number of rotatable bonds is 2. The van der Waals surface area contributed by atoms with Crippen LogP contribution in [0.3, 0.4) is 0 Å². The number of benzene rings is 1. The molecule has 3 unspecified atom stereocenters. The quantitative estimate of drug-likeness (QED) is 0.840. The molecule has 3 rings (SSSR count). The molecule has 0 aliphatic carbocycles. The number of hydrogen-bond acceptors (Lipinski definition) is 3. The Morgan fingerprint density at radius 3 is 2.88 bits per heavy atom. The van der Waals surface area contributed by atoms with Crippen molar-refractivity contribution in [2.24, 2.45) is 5.92 Å². The third-order valence-corrected chi connectivity index (χ3v) is 4.13. The van der Waals surface area contributed by atoms with E-state index < -0.39 is 0 Å². The van der Waals surface area contributed by atoms with E-state index in [0.717, 1.165) is 38.2 Å². The van der Waals surface area contributed by atoms with Crippen LogP contribution < -0.4 is 5.32 Å². The van der Waals surface area contributed by atoms with Gasteiger partial charge in [-0.2, -0.15) is 5.26 Å². The van der Waals surface area contributed by atoms with Gasteiger partial charge in [-0.3, -0.25) is 0 Å². The maximum absolute atomic E-state index is 9.59. The molecular weight excluding hydrogens is 210 g/mol. The first kappa shape index (κ1) is 10.6. The molecule has 17 heavy (non-hydrogen) atoms. The lowest BCUT2D eigenvalue weighted by Gasteiger charge is -2.38. The monoisotopic (exact) mass is 227 g/mol. The first-order chi connectivity index (χ1) is 8.32. The van der Waals surface area contributed by atoms with Crippen molar-refractivity contribution in [1.29, 1.82) is 5.26 Å². The largest absolute Gasteiger partial charge is 0.367 e. The summed E-state index contributed by atoms with van der Waals surface area (Å²) >= 11 is 0. The van der Waals surface area contributed by atoms with Crippen LogP contribution in [0.25, 0.3) is 0 Å². The Morgan fingerprint density at radius 1 is 1.29 bits per heavy atom. The van der Waals surface area contributed by atoms with Crippen molar-refractivity contribution in [2.75, 3.05) is 25.0 Å². The molecule has 1 aromatic rings. The van der Waals surface area contributed by atoms with E-state index in [-0.39, 0.29) is 5.54 Å². The molecule has 2 aliphatic rings. The molecule has 3 heteroatoms. The Balaban J connectivity index is 1.85. The Morgan fingerprint density at radius 2 is 2.12 bits per heavy atom. The van der Waals surface area contributed by atoms with Crippen molar-refractivity contribution in [1.82, 2.24) is 4.90 Å². The summed E-state index contributed by atoms with van der Waals surface area (Å²) in [6, 6.07) is 12.7. The Hall–Kier alpha value is -1.53. The third-order valence-electron chi connectivity index (χ3n) is 4.13. The zero-order valence-corrected chi connectivity index (χ0v) is 9.89. The molecule has 88 valence electrons. The predicted octanol–water partition coefficient (Wildman–Crippen LogP) is 2.09. The highest BCUT2D eigenvalue weighted by atomic mass is 15.2. The zero-order chi connectivity index (χ0) is 11.7. The maximum atomic E-state index is 9.59. The van der Waals surface area contributed by atoms with Crippen molar-refractivity contribution in [3.63, 3.8) is 0 Å². The van der Waals surface area contributed by atoms with E-state index in [2.05, 4.69) is 16.3 Å². The fraction of sp³-hybridized carbons (Fsp3) is 0.500. The number of nitrogens with zero attached hydrogens (tertiary/aromatic N) is 2. The van der Waals surface area contributed by atoms with Crippen molar-refractivity contribution in [3.8, 4) is 6.07 Å². The minimum atomic E-state index is -0.353. The van der Waals surface area contributed by atoms with E-state index >= 15 is 0 Å². The van der Waals surface area contributed by atoms with Crippen LogP contribution in [0.15, 0.2) is 30.3 Å². The van der Waals surface area contributed by atoms with Gasteiger partial charge in [0, 0.05) is 24.7 Å². The molecule has 0 amide bonds. The summed E-state index contributed by atoms with van der Waals surface area (Å²) in [5.41, 5.74) is 0.711. The normalized spacial score (nSPS) is 35.2. The lowest BCUT2D eigenvalue weighted by Crippen LogP contribution is -2.50. The van der Waals surface area contributed by atoms with Gasteiger partial charge in [-0.15, -0.1) is 0 Å². The SMILES string of the molecule is N#CC1(Nc2ccccc2)CCN2CCC1C2. The van der Waals surface area contributed by atoms with Crippen molar-refractivity contribution in [2.45, 2.75) is 18.4 Å². The Kier molecular flexibility index (Phi) is 2.53. The van der Waals surface area contributed by atoms with E-state index in [1.807, 2.05) is 30.3 Å². The zero-order valence-electron chi connectivity index (χ0n) is 9.89. The van der Waals surface area contributed by atoms with Crippen LogP contribution in [0.5, 0.6) is 0 Å². The van der Waals surface area contributed by atoms with Gasteiger partial charge in [0.2, 0.25) is 0 Å². The summed E-state index contributed by atoms with van der Waals surface area (Å²) in [4.78, 5) is 2.47. The number of piperidine rings is 1. The standard InChI is InChI=1S/C14H17N3/c15-11-14(16-13-4-2-1-3-5-13)7-9-17-8-6-12(14)10-17/h1-5,12,16H,6-10H2. The highest BCUT2D eigenvalue weighted by molar-refractivity contribution is 5.48. The molecule has 1 aromatic carbocycles. The maximum Gasteiger partial charge on any atom is 0.130 e. The van der Waals surface area contributed by atoms with Crippen LogP contribution in [0.1, 0.15) is 12.8 Å². The molecule has 2 heterocycles. The molecule has 3 atom stereocenters. The van der Waals surface area contributed by atoms with Crippen molar-refractivity contribution < 1.29 is 0 Å². The van der Waals surface area contributed by atoms with Crippen LogP contribution in [0.4, 0.5) is 5.69 Å². The smallest absolute Gasteiger partial charge is 0.130 e. The van der Waals surface area contributed by atoms with Gasteiger partial charge in [0.1, 0.15) is 5.54 Å². The second-order valence-electron chi connectivity index (χ2n) is 5.11. The van der Waals surface area contributed by atoms with E-state index in [1.165, 1.54) is 0 Å². The van der Waals surface area contributed by atoms with Gasteiger partial charge in [-0.1, -0.05) is 18.2 Å². The van der Waals surface area contributed by atoms with Gasteiger partial charge < -0.3 is 10.2 Å². The van der Waals surface area contributed by atoms with Gasteiger partial charge in [0.05, 0.1) is 6.07 Å². The fourth-order valence-electron chi connectivity index (χ4n) is 3.10. The van der Waals surface area contributed by atoms with Crippen LogP contribution in [0.2, 0.25) is 0 Å². The average Bonchev–Trinajstić information content (AvgIpc) is 2.79. The van der Waals surface area contributed by atoms with Crippen molar-refractivity contribution in [3.05, 3.63) is 30.3 Å². The predicted molar refractivity (Wildman–Crippen MR) is 67.6 cm³/mol. The molecule has 0 aromatic heterocycles. The molecule has 2 bridgehead atoms. The Bertz CT molecular complexity index is 437. The molecular formula is C14H17N3. The number of fused-ring (bicyclic) bond motifs is 2. The van der Waals surface area contributed by atoms with Gasteiger partial charge in [-0.25, -0.2) is 0 Å². The molecule has 1 N–H and O–H groups in total. The lowest BCUT2D eigenvalue weighted by molar-refractivity contribution is 0.221. The Labute approximate surface area is 102 Å². The number of nitrogens with one attached hydrogen (secondary N) is 1. The topological polar surface area (TPSA) is 39.1 Å². The van der Waals surface area contributed by atoms with Crippen LogP contribution in [0, 0.1) is 17.2 Å². The molecule has 0 radical (unpaired) electrons. The second-order valence-corrected chi connectivity index (χ2v) is 5.11. The van der Waals surface area contributed by atoms with Gasteiger partial charge in [-0.05, 0) is 31.5 Å². The van der Waals surface area contributed by atoms with Gasteiger partial charge in [0.15, 0.2) is 0 Å². The summed E-state index contributed by atoms with van der Waals surface area (Å²) in [7, 11) is 0. The molecule has 3 nitrogen and oxygen atoms in total. The second kappa shape index (κ2) is 4.05. The van der Waals surface area contributed by atoms with E-state index in [1.54, 1.807) is 0 Å². The molecule has 2 fully saturated rings. The minimum absolute atomic E-state index is 0.353. The average molecular weight is 227 g/mol. The first-order valence-corrected chi connectivity index (χ1v) is 6.29. The summed E-state index contributed by atoms with van der Waals surface area (Å²) in [6.45, 7) is 3.28. The van der Waals surface area contributed by atoms with Gasteiger partial charge in [0.25, 0.3) is 0 Å². The molecule has 0 saturated carbocycles. The summed E-state index contributed by atoms with van der Waals surface area (Å²) in [6.07, 6.45) is 2.08. The lowest BCUT2D eigenvalue weighted by atomic mass is 9.80. The van der Waals surface area contributed by atoms with E-state index in [4.69, 9.17) is 0 Å². The van der Waals surface area contributed by atoms with Crippen LogP contribution in [-0.4, -0.2) is 30.1 Å². The highest BCUT2D eigenvalue weighted by Crippen LogP contribution is 2.37. The molecule has 0 spiro atoms. The van der Waals surface area contributed by atoms with Gasteiger partial charge >= 0.3 is 0 Å². The number of anilines is 1.